The maximum absolute atomic E-state index is 12.7. The van der Waals surface area contributed by atoms with Gasteiger partial charge in [-0.3, -0.25) is 4.90 Å². The van der Waals surface area contributed by atoms with E-state index in [-0.39, 0.29) is 18.2 Å². The van der Waals surface area contributed by atoms with Crippen molar-refractivity contribution in [1.82, 2.24) is 10.2 Å². The van der Waals surface area contributed by atoms with Gasteiger partial charge in [0.25, 0.3) is 0 Å². The molecule has 0 aliphatic carbocycles. The monoisotopic (exact) mass is 392 g/mol. The van der Waals surface area contributed by atoms with E-state index in [1.165, 1.54) is 5.56 Å². The summed E-state index contributed by atoms with van der Waals surface area (Å²) in [6, 6.07) is 14.6. The van der Waals surface area contributed by atoms with Crippen molar-refractivity contribution in [2.45, 2.75) is 38.3 Å². The van der Waals surface area contributed by atoms with Crippen LogP contribution < -0.4 is 10.1 Å². The Morgan fingerprint density at radius 1 is 1.07 bits per heavy atom. The summed E-state index contributed by atoms with van der Waals surface area (Å²) in [4.78, 5) is 15.1. The van der Waals surface area contributed by atoms with E-state index < -0.39 is 0 Å². The van der Waals surface area contributed by atoms with Gasteiger partial charge in [0.15, 0.2) is 0 Å². The highest BCUT2D eigenvalue weighted by atomic mass is 16.6. The number of piperidine rings is 3. The minimum atomic E-state index is -0.303. The number of carbonyl (C=O) groups excluding carboxylic acids is 1. The van der Waals surface area contributed by atoms with Crippen LogP contribution >= 0.6 is 0 Å². The normalized spacial score (nSPS) is 27.6. The molecule has 0 spiro atoms. The van der Waals surface area contributed by atoms with Crippen LogP contribution in [0.3, 0.4) is 0 Å². The molecule has 0 aromatic heterocycles. The molecule has 1 unspecified atom stereocenters. The first kappa shape index (κ1) is 18.5. The van der Waals surface area contributed by atoms with Gasteiger partial charge in [0.1, 0.15) is 11.9 Å². The number of benzene rings is 2. The predicted molar refractivity (Wildman–Crippen MR) is 112 cm³/mol. The van der Waals surface area contributed by atoms with Crippen molar-refractivity contribution in [2.75, 3.05) is 26.2 Å². The lowest BCUT2D eigenvalue weighted by Crippen LogP contribution is -2.52. The fourth-order valence-electron chi connectivity index (χ4n) is 4.83. The lowest BCUT2D eigenvalue weighted by molar-refractivity contribution is -0.0342. The van der Waals surface area contributed by atoms with Crippen LogP contribution in [0.5, 0.6) is 5.75 Å². The second-order valence-corrected chi connectivity index (χ2v) is 8.53. The lowest BCUT2D eigenvalue weighted by atomic mass is 9.86. The lowest BCUT2D eigenvalue weighted by Gasteiger charge is -2.44. The van der Waals surface area contributed by atoms with Crippen LogP contribution in [-0.2, 0) is 4.74 Å². The first-order valence-electron chi connectivity index (χ1n) is 10.7. The molecule has 5 nitrogen and oxygen atoms in total. The number of hydrogen-bond acceptors (Lipinski definition) is 4. The first-order valence-corrected chi connectivity index (χ1v) is 10.7. The van der Waals surface area contributed by atoms with E-state index in [0.29, 0.717) is 12.5 Å². The van der Waals surface area contributed by atoms with Crippen molar-refractivity contribution in [3.05, 3.63) is 53.6 Å². The van der Waals surface area contributed by atoms with Crippen LogP contribution in [0.25, 0.3) is 11.1 Å². The number of aryl methyl sites for hydroxylation is 1. The molecule has 6 rings (SSSR count). The van der Waals surface area contributed by atoms with Crippen molar-refractivity contribution in [2.24, 2.45) is 5.92 Å². The van der Waals surface area contributed by atoms with Gasteiger partial charge in [-0.25, -0.2) is 4.79 Å². The van der Waals surface area contributed by atoms with Crippen LogP contribution in [0.2, 0.25) is 0 Å². The minimum absolute atomic E-state index is 0.0238. The molecule has 29 heavy (non-hydrogen) atoms. The summed E-state index contributed by atoms with van der Waals surface area (Å²) in [6.07, 6.45) is 2.74. The summed E-state index contributed by atoms with van der Waals surface area (Å²) >= 11 is 0. The Kier molecular flexibility index (Phi) is 4.92. The number of nitrogens with zero attached hydrogens (tertiary/aromatic N) is 1. The predicted octanol–water partition coefficient (Wildman–Crippen LogP) is 4.31. The molecule has 4 aliphatic rings. The third-order valence-corrected chi connectivity index (χ3v) is 6.58. The highest BCUT2D eigenvalue weighted by molar-refractivity contribution is 5.70. The standard InChI is InChI=1S/C24H28N2O3/c1-16-2-4-17(5-3-16)19-6-7-22-20(14-19)21(10-13-28-22)25-24(27)29-23-15-26-11-8-18(23)9-12-26/h2-7,14,18,21,23H,8-13,15H2,1H3,(H,25,27)/t21?,23-/m0/s1. The molecule has 3 fully saturated rings. The number of rotatable bonds is 3. The second kappa shape index (κ2) is 7.71. The number of amides is 1. The van der Waals surface area contributed by atoms with Crippen molar-refractivity contribution >= 4 is 6.09 Å². The molecule has 1 N–H and O–H groups in total. The molecule has 0 radical (unpaired) electrons. The maximum atomic E-state index is 12.7. The molecular formula is C24H28N2O3. The fourth-order valence-corrected chi connectivity index (χ4v) is 4.83. The highest BCUT2D eigenvalue weighted by Gasteiger charge is 2.37. The van der Waals surface area contributed by atoms with E-state index in [1.807, 2.05) is 6.07 Å². The Morgan fingerprint density at radius 2 is 1.83 bits per heavy atom. The number of ether oxygens (including phenoxy) is 2. The summed E-state index contributed by atoms with van der Waals surface area (Å²) in [6.45, 7) is 5.84. The van der Waals surface area contributed by atoms with Crippen molar-refractivity contribution in [3.8, 4) is 16.9 Å². The van der Waals surface area contributed by atoms with Gasteiger partial charge in [0, 0.05) is 18.5 Å². The van der Waals surface area contributed by atoms with E-state index >= 15 is 0 Å². The summed E-state index contributed by atoms with van der Waals surface area (Å²) in [5.41, 5.74) is 4.56. The summed E-state index contributed by atoms with van der Waals surface area (Å²) in [5, 5.41) is 3.11. The van der Waals surface area contributed by atoms with Gasteiger partial charge in [0.2, 0.25) is 0 Å². The summed E-state index contributed by atoms with van der Waals surface area (Å²) in [5.74, 6) is 1.36. The second-order valence-electron chi connectivity index (χ2n) is 8.53. The van der Waals surface area contributed by atoms with E-state index in [9.17, 15) is 4.79 Å². The van der Waals surface area contributed by atoms with E-state index in [0.717, 1.165) is 61.3 Å². The van der Waals surface area contributed by atoms with Crippen LogP contribution in [0.4, 0.5) is 4.79 Å². The zero-order chi connectivity index (χ0) is 19.8. The fraction of sp³-hybridized carbons (Fsp3) is 0.458. The van der Waals surface area contributed by atoms with E-state index in [4.69, 9.17) is 9.47 Å². The molecule has 4 heterocycles. The Labute approximate surface area is 172 Å². The summed E-state index contributed by atoms with van der Waals surface area (Å²) < 4.78 is 11.7. The smallest absolute Gasteiger partial charge is 0.407 e. The zero-order valence-corrected chi connectivity index (χ0v) is 16.9. The zero-order valence-electron chi connectivity index (χ0n) is 16.9. The average Bonchev–Trinajstić information content (AvgIpc) is 2.75. The SMILES string of the molecule is Cc1ccc(-c2ccc3c(c2)C(NC(=O)O[C@H]2CN4CCC2CC4)CCO3)cc1. The van der Waals surface area contributed by atoms with Crippen molar-refractivity contribution < 1.29 is 14.3 Å². The van der Waals surface area contributed by atoms with Gasteiger partial charge in [-0.15, -0.1) is 0 Å². The van der Waals surface area contributed by atoms with Crippen LogP contribution in [0.1, 0.15) is 36.4 Å². The van der Waals surface area contributed by atoms with Gasteiger partial charge < -0.3 is 14.8 Å². The highest BCUT2D eigenvalue weighted by Crippen LogP contribution is 2.36. The maximum Gasteiger partial charge on any atom is 0.407 e. The van der Waals surface area contributed by atoms with Gasteiger partial charge in [-0.1, -0.05) is 35.9 Å². The topological polar surface area (TPSA) is 50.8 Å². The third-order valence-electron chi connectivity index (χ3n) is 6.58. The minimum Gasteiger partial charge on any atom is -0.493 e. The van der Waals surface area contributed by atoms with Crippen LogP contribution in [0.15, 0.2) is 42.5 Å². The molecule has 4 aliphatic heterocycles. The molecule has 5 heteroatoms. The average molecular weight is 392 g/mol. The molecule has 152 valence electrons. The van der Waals surface area contributed by atoms with Crippen molar-refractivity contribution in [1.29, 1.82) is 0 Å². The summed E-state index contributed by atoms with van der Waals surface area (Å²) in [7, 11) is 0. The van der Waals surface area contributed by atoms with Gasteiger partial charge >= 0.3 is 6.09 Å². The first-order chi connectivity index (χ1) is 14.2. The Hall–Kier alpha value is -2.53. The van der Waals surface area contributed by atoms with Crippen molar-refractivity contribution in [3.63, 3.8) is 0 Å². The Balaban J connectivity index is 1.31. The number of hydrogen-bond donors (Lipinski definition) is 1. The molecule has 1 amide bonds. The number of nitrogens with one attached hydrogen (secondary N) is 1. The van der Waals surface area contributed by atoms with Gasteiger partial charge in [-0.05, 0) is 62.0 Å². The number of carbonyl (C=O) groups is 1. The third kappa shape index (κ3) is 3.84. The van der Waals surface area contributed by atoms with Crippen LogP contribution in [-0.4, -0.2) is 43.3 Å². The largest absolute Gasteiger partial charge is 0.493 e. The van der Waals surface area contributed by atoms with Gasteiger partial charge in [-0.2, -0.15) is 0 Å². The molecular weight excluding hydrogens is 364 g/mol. The van der Waals surface area contributed by atoms with E-state index in [2.05, 4.69) is 53.5 Å². The van der Waals surface area contributed by atoms with E-state index in [1.54, 1.807) is 0 Å². The van der Waals surface area contributed by atoms with Crippen LogP contribution in [0, 0.1) is 12.8 Å². The molecule has 2 atom stereocenters. The number of alkyl carbamates (subject to hydrolysis) is 1. The molecule has 2 aromatic carbocycles. The molecule has 0 saturated carbocycles. The quantitative estimate of drug-likeness (QED) is 0.846. The Morgan fingerprint density at radius 3 is 2.55 bits per heavy atom. The molecule has 2 aromatic rings. The molecule has 2 bridgehead atoms. The Bertz CT molecular complexity index is 887. The van der Waals surface area contributed by atoms with Gasteiger partial charge in [0.05, 0.1) is 12.6 Å². The number of fused-ring (bicyclic) bond motifs is 4. The molecule has 3 saturated heterocycles.